The average molecular weight is 338 g/mol. The molecule has 1 N–H and O–H groups in total. The maximum absolute atomic E-state index is 10.5. The molecule has 0 bridgehead atoms. The predicted molar refractivity (Wildman–Crippen MR) is 88.0 cm³/mol. The monoisotopic (exact) mass is 337 g/mol. The van der Waals surface area contributed by atoms with Crippen molar-refractivity contribution in [2.45, 2.75) is 16.9 Å². The summed E-state index contributed by atoms with van der Waals surface area (Å²) < 4.78 is 0. The van der Waals surface area contributed by atoms with Crippen LogP contribution in [0.1, 0.15) is 23.1 Å². The van der Waals surface area contributed by atoms with Gasteiger partial charge in [0.15, 0.2) is 0 Å². The molecule has 0 aliphatic carbocycles. The molecule has 0 fully saturated rings. The molecule has 108 valence electrons. The van der Waals surface area contributed by atoms with Crippen LogP contribution in [0.5, 0.6) is 0 Å². The van der Waals surface area contributed by atoms with E-state index in [1.54, 1.807) is 30.0 Å². The number of aliphatic hydroxyl groups excluding tert-OH is 1. The number of halogens is 2. The highest BCUT2D eigenvalue weighted by molar-refractivity contribution is 7.98. The number of benzene rings is 2. The zero-order chi connectivity index (χ0) is 15.4. The van der Waals surface area contributed by atoms with Gasteiger partial charge in [-0.05, 0) is 41.6 Å². The van der Waals surface area contributed by atoms with Crippen molar-refractivity contribution in [3.8, 4) is 6.07 Å². The Bertz CT molecular complexity index is 684. The van der Waals surface area contributed by atoms with E-state index in [0.717, 1.165) is 4.90 Å². The Morgan fingerprint density at radius 1 is 1.10 bits per heavy atom. The molecule has 2 aromatic carbocycles. The molecule has 2 unspecified atom stereocenters. The molecular weight excluding hydrogens is 325 g/mol. The quantitative estimate of drug-likeness (QED) is 0.793. The van der Waals surface area contributed by atoms with Crippen molar-refractivity contribution < 1.29 is 5.11 Å². The molecule has 0 aromatic heterocycles. The Morgan fingerprint density at radius 3 is 2.48 bits per heavy atom. The Labute approximate surface area is 138 Å². The molecule has 0 heterocycles. The first-order valence-electron chi connectivity index (χ1n) is 6.23. The molecule has 0 saturated carbocycles. The highest BCUT2D eigenvalue weighted by Gasteiger charge is 2.23. The van der Waals surface area contributed by atoms with Gasteiger partial charge in [0, 0.05) is 4.90 Å². The first-order valence-corrected chi connectivity index (χ1v) is 8.21. The van der Waals surface area contributed by atoms with E-state index >= 15 is 0 Å². The molecule has 2 aromatic rings. The van der Waals surface area contributed by atoms with Crippen LogP contribution in [0.3, 0.4) is 0 Å². The van der Waals surface area contributed by atoms with Crippen LogP contribution in [0, 0.1) is 11.3 Å². The second-order valence-electron chi connectivity index (χ2n) is 4.50. The number of nitriles is 1. The minimum Gasteiger partial charge on any atom is -0.387 e. The lowest BCUT2D eigenvalue weighted by Gasteiger charge is -2.18. The normalized spacial score (nSPS) is 13.5. The van der Waals surface area contributed by atoms with Gasteiger partial charge in [0.1, 0.15) is 5.92 Å². The van der Waals surface area contributed by atoms with E-state index < -0.39 is 12.0 Å². The Hall–Kier alpha value is -1.18. The standard InChI is InChI=1S/C16H13Cl2NOS/c1-21-12-4-2-3-11(7-12)16(20)13(9-19)10-5-6-14(17)15(18)8-10/h2-8,13,16,20H,1H3. The van der Waals surface area contributed by atoms with E-state index in [-0.39, 0.29) is 0 Å². The summed E-state index contributed by atoms with van der Waals surface area (Å²) in [5.74, 6) is -0.697. The van der Waals surface area contributed by atoms with Gasteiger partial charge in [-0.3, -0.25) is 0 Å². The third-order valence-corrected chi connectivity index (χ3v) is 4.66. The summed E-state index contributed by atoms with van der Waals surface area (Å²) in [6, 6.07) is 14.6. The topological polar surface area (TPSA) is 44.0 Å². The van der Waals surface area contributed by atoms with Crippen molar-refractivity contribution in [1.29, 1.82) is 5.26 Å². The molecule has 2 rings (SSSR count). The number of aliphatic hydroxyl groups is 1. The van der Waals surface area contributed by atoms with Crippen LogP contribution >= 0.6 is 35.0 Å². The second-order valence-corrected chi connectivity index (χ2v) is 6.20. The van der Waals surface area contributed by atoms with Crippen molar-refractivity contribution in [1.82, 2.24) is 0 Å². The number of nitrogens with zero attached hydrogens (tertiary/aromatic N) is 1. The maximum Gasteiger partial charge on any atom is 0.101 e. The molecule has 0 saturated heterocycles. The Kier molecular flexibility index (Phi) is 5.55. The summed E-state index contributed by atoms with van der Waals surface area (Å²) in [5, 5.41) is 20.7. The van der Waals surface area contributed by atoms with Crippen molar-refractivity contribution in [2.75, 3.05) is 6.26 Å². The SMILES string of the molecule is CSc1cccc(C(O)C(C#N)c2ccc(Cl)c(Cl)c2)c1. The lowest BCUT2D eigenvalue weighted by Crippen LogP contribution is -2.09. The summed E-state index contributed by atoms with van der Waals surface area (Å²) in [6.45, 7) is 0. The highest BCUT2D eigenvalue weighted by Crippen LogP contribution is 2.34. The minimum absolute atomic E-state index is 0.375. The van der Waals surface area contributed by atoms with Gasteiger partial charge in [-0.1, -0.05) is 41.4 Å². The van der Waals surface area contributed by atoms with Crippen LogP contribution in [0.4, 0.5) is 0 Å². The fourth-order valence-corrected chi connectivity index (χ4v) is 2.83. The van der Waals surface area contributed by atoms with E-state index in [9.17, 15) is 10.4 Å². The largest absolute Gasteiger partial charge is 0.387 e. The van der Waals surface area contributed by atoms with Crippen molar-refractivity contribution in [3.63, 3.8) is 0 Å². The summed E-state index contributed by atoms with van der Waals surface area (Å²) in [5.41, 5.74) is 1.36. The fraction of sp³-hybridized carbons (Fsp3) is 0.188. The maximum atomic E-state index is 10.5. The Balaban J connectivity index is 2.36. The van der Waals surface area contributed by atoms with Gasteiger partial charge >= 0.3 is 0 Å². The summed E-state index contributed by atoms with van der Waals surface area (Å²) >= 11 is 13.5. The highest BCUT2D eigenvalue weighted by atomic mass is 35.5. The van der Waals surface area contributed by atoms with E-state index in [2.05, 4.69) is 6.07 Å². The number of thioether (sulfide) groups is 1. The van der Waals surface area contributed by atoms with Crippen LogP contribution in [-0.2, 0) is 0 Å². The zero-order valence-electron chi connectivity index (χ0n) is 11.3. The van der Waals surface area contributed by atoms with Crippen LogP contribution in [-0.4, -0.2) is 11.4 Å². The molecule has 0 aliphatic heterocycles. The van der Waals surface area contributed by atoms with Gasteiger partial charge in [0.25, 0.3) is 0 Å². The fourth-order valence-electron chi connectivity index (χ4n) is 2.05. The molecule has 0 spiro atoms. The summed E-state index contributed by atoms with van der Waals surface area (Å²) in [6.07, 6.45) is 1.05. The molecule has 0 aliphatic rings. The molecule has 21 heavy (non-hydrogen) atoms. The number of hydrogen-bond donors (Lipinski definition) is 1. The molecule has 2 nitrogen and oxygen atoms in total. The summed E-state index contributed by atoms with van der Waals surface area (Å²) in [7, 11) is 0. The van der Waals surface area contributed by atoms with Crippen molar-refractivity contribution in [2.24, 2.45) is 0 Å². The van der Waals surface area contributed by atoms with Gasteiger partial charge in [-0.2, -0.15) is 5.26 Å². The minimum atomic E-state index is -0.917. The lowest BCUT2D eigenvalue weighted by atomic mass is 9.90. The second kappa shape index (κ2) is 7.20. The third kappa shape index (κ3) is 3.72. The molecule has 2 atom stereocenters. The summed E-state index contributed by atoms with van der Waals surface area (Å²) in [4.78, 5) is 1.04. The van der Waals surface area contributed by atoms with E-state index in [4.69, 9.17) is 23.2 Å². The van der Waals surface area contributed by atoms with Crippen LogP contribution in [0.2, 0.25) is 10.0 Å². The van der Waals surface area contributed by atoms with Crippen LogP contribution < -0.4 is 0 Å². The average Bonchev–Trinajstić information content (AvgIpc) is 2.51. The van der Waals surface area contributed by atoms with E-state index in [1.807, 2.05) is 30.5 Å². The van der Waals surface area contributed by atoms with Crippen LogP contribution in [0.25, 0.3) is 0 Å². The first-order chi connectivity index (χ1) is 10.1. The number of hydrogen-bond acceptors (Lipinski definition) is 3. The predicted octanol–water partition coefficient (Wildman–Crippen LogP) is 5.06. The van der Waals surface area contributed by atoms with Gasteiger partial charge < -0.3 is 5.11 Å². The Morgan fingerprint density at radius 2 is 1.86 bits per heavy atom. The molecular formula is C16H13Cl2NOS. The molecule has 5 heteroatoms. The molecule has 0 amide bonds. The van der Waals surface area contributed by atoms with Gasteiger partial charge in [-0.25, -0.2) is 0 Å². The van der Waals surface area contributed by atoms with E-state index in [1.165, 1.54) is 0 Å². The van der Waals surface area contributed by atoms with Crippen molar-refractivity contribution >= 4 is 35.0 Å². The van der Waals surface area contributed by atoms with Crippen molar-refractivity contribution in [3.05, 3.63) is 63.6 Å². The van der Waals surface area contributed by atoms with Gasteiger partial charge in [0.05, 0.1) is 22.2 Å². The van der Waals surface area contributed by atoms with Crippen LogP contribution in [0.15, 0.2) is 47.4 Å². The number of rotatable bonds is 4. The van der Waals surface area contributed by atoms with Gasteiger partial charge in [0.2, 0.25) is 0 Å². The first kappa shape index (κ1) is 16.2. The zero-order valence-corrected chi connectivity index (χ0v) is 13.6. The third-order valence-electron chi connectivity index (χ3n) is 3.19. The smallest absolute Gasteiger partial charge is 0.101 e. The lowest BCUT2D eigenvalue weighted by molar-refractivity contribution is 0.164. The molecule has 0 radical (unpaired) electrons. The van der Waals surface area contributed by atoms with Gasteiger partial charge in [-0.15, -0.1) is 11.8 Å². The van der Waals surface area contributed by atoms with E-state index in [0.29, 0.717) is 21.2 Å².